The van der Waals surface area contributed by atoms with Gasteiger partial charge in [-0.15, -0.1) is 0 Å². The van der Waals surface area contributed by atoms with Crippen molar-refractivity contribution in [2.45, 2.75) is 26.2 Å². The van der Waals surface area contributed by atoms with Crippen molar-refractivity contribution in [3.05, 3.63) is 18.0 Å². The van der Waals surface area contributed by atoms with Crippen molar-refractivity contribution >= 4 is 5.97 Å². The zero-order valence-corrected chi connectivity index (χ0v) is 8.80. The molecule has 82 valence electrons. The standard InChI is InChI=1S/C10H14N2O3/c1-3-15-10-11-5-4-8(12-10)7(2)6-9(13)14/h4-5,7H,3,6H2,1-2H3,(H,13,14). The first-order valence-corrected chi connectivity index (χ1v) is 4.81. The van der Waals surface area contributed by atoms with Gasteiger partial charge in [0.1, 0.15) is 0 Å². The van der Waals surface area contributed by atoms with Crippen molar-refractivity contribution in [1.82, 2.24) is 9.97 Å². The molecule has 0 spiro atoms. The van der Waals surface area contributed by atoms with Crippen LogP contribution < -0.4 is 4.74 Å². The number of carboxylic acids is 1. The first-order valence-electron chi connectivity index (χ1n) is 4.81. The van der Waals surface area contributed by atoms with E-state index in [9.17, 15) is 4.79 Å². The summed E-state index contributed by atoms with van der Waals surface area (Å²) in [7, 11) is 0. The van der Waals surface area contributed by atoms with Gasteiger partial charge in [0.25, 0.3) is 0 Å². The van der Waals surface area contributed by atoms with Gasteiger partial charge in [-0.2, -0.15) is 4.98 Å². The largest absolute Gasteiger partial charge is 0.481 e. The summed E-state index contributed by atoms with van der Waals surface area (Å²) in [5.41, 5.74) is 0.691. The van der Waals surface area contributed by atoms with Gasteiger partial charge in [-0.1, -0.05) is 6.92 Å². The molecule has 0 amide bonds. The fourth-order valence-corrected chi connectivity index (χ4v) is 1.19. The molecule has 0 aliphatic carbocycles. The van der Waals surface area contributed by atoms with Crippen LogP contribution in [0.1, 0.15) is 31.9 Å². The minimum absolute atomic E-state index is 0.0581. The molecule has 0 saturated carbocycles. The Balaban J connectivity index is 2.75. The second-order valence-corrected chi connectivity index (χ2v) is 3.20. The molecule has 1 atom stereocenters. The maximum absolute atomic E-state index is 10.5. The van der Waals surface area contributed by atoms with E-state index in [2.05, 4.69) is 9.97 Å². The summed E-state index contributed by atoms with van der Waals surface area (Å²) in [6, 6.07) is 2.00. The lowest BCUT2D eigenvalue weighted by Crippen LogP contribution is -2.06. The van der Waals surface area contributed by atoms with Gasteiger partial charge in [0, 0.05) is 12.1 Å². The van der Waals surface area contributed by atoms with Crippen molar-refractivity contribution in [3.8, 4) is 6.01 Å². The van der Waals surface area contributed by atoms with Crippen LogP contribution >= 0.6 is 0 Å². The molecule has 0 radical (unpaired) electrons. The van der Waals surface area contributed by atoms with E-state index >= 15 is 0 Å². The summed E-state index contributed by atoms with van der Waals surface area (Å²) >= 11 is 0. The van der Waals surface area contributed by atoms with E-state index in [1.165, 1.54) is 0 Å². The molecular formula is C10H14N2O3. The molecule has 1 aromatic heterocycles. The summed E-state index contributed by atoms with van der Waals surface area (Å²) in [5.74, 6) is -0.969. The highest BCUT2D eigenvalue weighted by Crippen LogP contribution is 2.17. The summed E-state index contributed by atoms with van der Waals surface area (Å²) in [6.07, 6.45) is 1.63. The lowest BCUT2D eigenvalue weighted by Gasteiger charge is -2.08. The number of ether oxygens (including phenoxy) is 1. The van der Waals surface area contributed by atoms with Crippen molar-refractivity contribution in [1.29, 1.82) is 0 Å². The molecule has 0 bridgehead atoms. The summed E-state index contributed by atoms with van der Waals surface area (Å²) in [5, 5.41) is 8.64. The fourth-order valence-electron chi connectivity index (χ4n) is 1.19. The van der Waals surface area contributed by atoms with Gasteiger partial charge in [0.15, 0.2) is 0 Å². The third kappa shape index (κ3) is 3.53. The summed E-state index contributed by atoms with van der Waals surface area (Å²) in [6.45, 7) is 4.15. The number of carbonyl (C=O) groups is 1. The summed E-state index contributed by atoms with van der Waals surface area (Å²) in [4.78, 5) is 18.5. The SMILES string of the molecule is CCOc1nccc(C(C)CC(=O)O)n1. The number of nitrogens with zero attached hydrogens (tertiary/aromatic N) is 2. The normalized spacial score (nSPS) is 12.1. The molecule has 5 nitrogen and oxygen atoms in total. The van der Waals surface area contributed by atoms with Gasteiger partial charge in [-0.3, -0.25) is 4.79 Å². The van der Waals surface area contributed by atoms with E-state index in [4.69, 9.17) is 9.84 Å². The van der Waals surface area contributed by atoms with E-state index in [1.54, 1.807) is 12.3 Å². The lowest BCUT2D eigenvalue weighted by molar-refractivity contribution is -0.137. The molecule has 1 heterocycles. The van der Waals surface area contributed by atoms with Gasteiger partial charge in [0.2, 0.25) is 0 Å². The van der Waals surface area contributed by atoms with Gasteiger partial charge in [-0.25, -0.2) is 4.98 Å². The Morgan fingerprint density at radius 1 is 1.67 bits per heavy atom. The van der Waals surface area contributed by atoms with Crippen LogP contribution in [-0.2, 0) is 4.79 Å². The molecular weight excluding hydrogens is 196 g/mol. The first-order chi connectivity index (χ1) is 7.13. The second kappa shape index (κ2) is 5.29. The van der Waals surface area contributed by atoms with Crippen LogP contribution in [0.25, 0.3) is 0 Å². The Morgan fingerprint density at radius 3 is 3.00 bits per heavy atom. The monoisotopic (exact) mass is 210 g/mol. The van der Waals surface area contributed by atoms with Gasteiger partial charge in [0.05, 0.1) is 18.7 Å². The van der Waals surface area contributed by atoms with Crippen LogP contribution in [0.5, 0.6) is 6.01 Å². The van der Waals surface area contributed by atoms with Crippen molar-refractivity contribution in [3.63, 3.8) is 0 Å². The minimum Gasteiger partial charge on any atom is -0.481 e. The van der Waals surface area contributed by atoms with Crippen LogP contribution in [-0.4, -0.2) is 27.7 Å². The van der Waals surface area contributed by atoms with Crippen molar-refractivity contribution in [2.75, 3.05) is 6.61 Å². The first kappa shape index (κ1) is 11.4. The average Bonchev–Trinajstić information content (AvgIpc) is 2.17. The van der Waals surface area contributed by atoms with E-state index < -0.39 is 5.97 Å². The topological polar surface area (TPSA) is 72.3 Å². The number of carboxylic acid groups (broad SMARTS) is 1. The molecule has 1 aromatic rings. The van der Waals surface area contributed by atoms with Crippen LogP contribution in [0.15, 0.2) is 12.3 Å². The van der Waals surface area contributed by atoms with Gasteiger partial charge < -0.3 is 9.84 Å². The fraction of sp³-hybridized carbons (Fsp3) is 0.500. The van der Waals surface area contributed by atoms with E-state index in [0.29, 0.717) is 18.3 Å². The highest BCUT2D eigenvalue weighted by atomic mass is 16.5. The molecule has 0 fully saturated rings. The molecule has 1 N–H and O–H groups in total. The molecule has 5 heteroatoms. The molecule has 1 rings (SSSR count). The van der Waals surface area contributed by atoms with E-state index in [1.807, 2.05) is 13.8 Å². The Labute approximate surface area is 88.1 Å². The minimum atomic E-state index is -0.834. The molecule has 0 aliphatic heterocycles. The predicted molar refractivity (Wildman–Crippen MR) is 53.9 cm³/mol. The third-order valence-corrected chi connectivity index (χ3v) is 1.91. The number of hydrogen-bond donors (Lipinski definition) is 1. The van der Waals surface area contributed by atoms with Crippen LogP contribution in [0, 0.1) is 0 Å². The Morgan fingerprint density at radius 2 is 2.40 bits per heavy atom. The third-order valence-electron chi connectivity index (χ3n) is 1.91. The Hall–Kier alpha value is -1.65. The predicted octanol–water partition coefficient (Wildman–Crippen LogP) is 1.45. The number of hydrogen-bond acceptors (Lipinski definition) is 4. The molecule has 1 unspecified atom stereocenters. The van der Waals surface area contributed by atoms with Gasteiger partial charge >= 0.3 is 12.0 Å². The molecule has 0 saturated heterocycles. The maximum Gasteiger partial charge on any atom is 0.316 e. The Kier molecular flexibility index (Phi) is 4.03. The van der Waals surface area contributed by atoms with Crippen LogP contribution in [0.4, 0.5) is 0 Å². The molecule has 0 aromatic carbocycles. The van der Waals surface area contributed by atoms with E-state index in [0.717, 1.165) is 0 Å². The number of rotatable bonds is 5. The van der Waals surface area contributed by atoms with E-state index in [-0.39, 0.29) is 12.3 Å². The molecule has 0 aliphatic rings. The summed E-state index contributed by atoms with van der Waals surface area (Å²) < 4.78 is 5.13. The zero-order chi connectivity index (χ0) is 11.3. The maximum atomic E-state index is 10.5. The highest BCUT2D eigenvalue weighted by molar-refractivity contribution is 5.67. The molecule has 15 heavy (non-hydrogen) atoms. The number of aromatic nitrogens is 2. The van der Waals surface area contributed by atoms with Crippen molar-refractivity contribution < 1.29 is 14.6 Å². The number of aliphatic carboxylic acids is 1. The van der Waals surface area contributed by atoms with Gasteiger partial charge in [-0.05, 0) is 13.0 Å². The van der Waals surface area contributed by atoms with Crippen molar-refractivity contribution in [2.24, 2.45) is 0 Å². The van der Waals surface area contributed by atoms with Crippen LogP contribution in [0.3, 0.4) is 0 Å². The highest BCUT2D eigenvalue weighted by Gasteiger charge is 2.12. The van der Waals surface area contributed by atoms with Crippen LogP contribution in [0.2, 0.25) is 0 Å². The smallest absolute Gasteiger partial charge is 0.316 e. The quantitative estimate of drug-likeness (QED) is 0.796. The lowest BCUT2D eigenvalue weighted by atomic mass is 10.0. The Bertz CT molecular complexity index is 341. The average molecular weight is 210 g/mol. The second-order valence-electron chi connectivity index (χ2n) is 3.20. The zero-order valence-electron chi connectivity index (χ0n) is 8.80.